The molecule has 3 N–H and O–H groups in total. The molecule has 0 aliphatic rings. The molecule has 0 aliphatic heterocycles. The molecule has 94 valence electrons. The SMILES string of the molecule is CCOCC(C)(Nc1ccc(Br)cc1)C(N)=O. The highest BCUT2D eigenvalue weighted by Crippen LogP contribution is 2.18. The van der Waals surface area contributed by atoms with E-state index in [4.69, 9.17) is 10.5 Å². The number of carbonyl (C=O) groups excluding carboxylic acids is 1. The zero-order valence-corrected chi connectivity index (χ0v) is 11.6. The standard InChI is InChI=1S/C12H17BrN2O2/c1-3-17-8-12(2,11(14)16)15-10-6-4-9(13)5-7-10/h4-7,15H,3,8H2,1-2H3,(H2,14,16). The Morgan fingerprint density at radius 3 is 2.53 bits per heavy atom. The number of benzene rings is 1. The van der Waals surface area contributed by atoms with E-state index in [0.29, 0.717) is 6.61 Å². The number of nitrogens with one attached hydrogen (secondary N) is 1. The minimum Gasteiger partial charge on any atom is -0.379 e. The maximum atomic E-state index is 11.5. The molecule has 1 amide bonds. The van der Waals surface area contributed by atoms with E-state index in [-0.39, 0.29) is 6.61 Å². The Morgan fingerprint density at radius 1 is 1.47 bits per heavy atom. The molecule has 1 aromatic carbocycles. The lowest BCUT2D eigenvalue weighted by Crippen LogP contribution is -2.51. The predicted molar refractivity (Wildman–Crippen MR) is 71.9 cm³/mol. The number of amides is 1. The third-order valence-corrected chi connectivity index (χ3v) is 2.93. The van der Waals surface area contributed by atoms with Crippen molar-refractivity contribution in [3.05, 3.63) is 28.7 Å². The van der Waals surface area contributed by atoms with Crippen LogP contribution in [0, 0.1) is 0 Å². The Balaban J connectivity index is 2.79. The summed E-state index contributed by atoms with van der Waals surface area (Å²) < 4.78 is 6.26. The molecule has 1 aromatic rings. The van der Waals surface area contributed by atoms with E-state index >= 15 is 0 Å². The molecule has 4 nitrogen and oxygen atoms in total. The summed E-state index contributed by atoms with van der Waals surface area (Å²) in [6, 6.07) is 7.53. The predicted octanol–water partition coefficient (Wildman–Crippen LogP) is 2.14. The summed E-state index contributed by atoms with van der Waals surface area (Å²) in [5.41, 5.74) is 5.33. The van der Waals surface area contributed by atoms with Crippen molar-refractivity contribution >= 4 is 27.5 Å². The molecule has 1 atom stereocenters. The van der Waals surface area contributed by atoms with E-state index in [9.17, 15) is 4.79 Å². The molecular formula is C12H17BrN2O2. The number of hydrogen-bond donors (Lipinski definition) is 2. The first-order chi connectivity index (χ1) is 7.98. The molecule has 5 heteroatoms. The minimum absolute atomic E-state index is 0.245. The van der Waals surface area contributed by atoms with Crippen molar-refractivity contribution in [3.63, 3.8) is 0 Å². The smallest absolute Gasteiger partial charge is 0.245 e. The summed E-state index contributed by atoms with van der Waals surface area (Å²) in [4.78, 5) is 11.5. The van der Waals surface area contributed by atoms with Gasteiger partial charge >= 0.3 is 0 Å². The third-order valence-electron chi connectivity index (χ3n) is 2.40. The summed E-state index contributed by atoms with van der Waals surface area (Å²) in [5.74, 6) is -0.436. The van der Waals surface area contributed by atoms with Gasteiger partial charge in [0, 0.05) is 16.8 Å². The zero-order valence-electron chi connectivity index (χ0n) is 10.00. The number of carbonyl (C=O) groups is 1. The monoisotopic (exact) mass is 300 g/mol. The van der Waals surface area contributed by atoms with Gasteiger partial charge in [0.15, 0.2) is 0 Å². The summed E-state index contributed by atoms with van der Waals surface area (Å²) in [7, 11) is 0. The lowest BCUT2D eigenvalue weighted by molar-refractivity contribution is -0.123. The molecule has 1 unspecified atom stereocenters. The third kappa shape index (κ3) is 4.02. The molecule has 0 aromatic heterocycles. The van der Waals surface area contributed by atoms with E-state index in [1.165, 1.54) is 0 Å². The van der Waals surface area contributed by atoms with Gasteiger partial charge in [0.05, 0.1) is 6.61 Å². The average molecular weight is 301 g/mol. The first kappa shape index (κ1) is 14.0. The largest absolute Gasteiger partial charge is 0.379 e. The van der Waals surface area contributed by atoms with Gasteiger partial charge in [0.1, 0.15) is 5.54 Å². The number of nitrogens with two attached hydrogens (primary N) is 1. The van der Waals surface area contributed by atoms with Crippen LogP contribution in [0.5, 0.6) is 0 Å². The van der Waals surface area contributed by atoms with E-state index in [0.717, 1.165) is 10.2 Å². The van der Waals surface area contributed by atoms with Crippen LogP contribution in [-0.4, -0.2) is 24.7 Å². The molecule has 0 saturated heterocycles. The summed E-state index contributed by atoms with van der Waals surface area (Å²) in [6.45, 7) is 4.40. The van der Waals surface area contributed by atoms with Crippen LogP contribution in [0.25, 0.3) is 0 Å². The molecule has 0 bridgehead atoms. The normalized spacial score (nSPS) is 14.1. The highest BCUT2D eigenvalue weighted by molar-refractivity contribution is 9.10. The van der Waals surface area contributed by atoms with Crippen molar-refractivity contribution in [2.24, 2.45) is 5.73 Å². The van der Waals surface area contributed by atoms with Crippen LogP contribution >= 0.6 is 15.9 Å². The molecule has 0 saturated carbocycles. The van der Waals surface area contributed by atoms with Gasteiger partial charge in [-0.1, -0.05) is 15.9 Å². The molecule has 0 fully saturated rings. The van der Waals surface area contributed by atoms with Crippen LogP contribution in [-0.2, 0) is 9.53 Å². The van der Waals surface area contributed by atoms with E-state index in [1.54, 1.807) is 6.92 Å². The number of hydrogen-bond acceptors (Lipinski definition) is 3. The maximum absolute atomic E-state index is 11.5. The summed E-state index contributed by atoms with van der Waals surface area (Å²) >= 11 is 3.35. The highest BCUT2D eigenvalue weighted by Gasteiger charge is 2.31. The first-order valence-corrected chi connectivity index (χ1v) is 6.18. The van der Waals surface area contributed by atoms with E-state index in [1.807, 2.05) is 31.2 Å². The van der Waals surface area contributed by atoms with Gasteiger partial charge in [-0.3, -0.25) is 4.79 Å². The summed E-state index contributed by atoms with van der Waals surface area (Å²) in [5, 5.41) is 3.10. The lowest BCUT2D eigenvalue weighted by atomic mass is 10.0. The topological polar surface area (TPSA) is 64.3 Å². The quantitative estimate of drug-likeness (QED) is 0.846. The molecule has 0 heterocycles. The number of primary amides is 1. The minimum atomic E-state index is -0.899. The first-order valence-electron chi connectivity index (χ1n) is 5.39. The second kappa shape index (κ2) is 6.02. The number of halogens is 1. The van der Waals surface area contributed by atoms with Crippen molar-refractivity contribution in [2.75, 3.05) is 18.5 Å². The van der Waals surface area contributed by atoms with E-state index < -0.39 is 11.4 Å². The number of ether oxygens (including phenoxy) is 1. The van der Waals surface area contributed by atoms with Gasteiger partial charge < -0.3 is 15.8 Å². The van der Waals surface area contributed by atoms with Crippen molar-refractivity contribution in [3.8, 4) is 0 Å². The van der Waals surface area contributed by atoms with Crippen LogP contribution in [0.1, 0.15) is 13.8 Å². The molecule has 0 aliphatic carbocycles. The Kier molecular flexibility index (Phi) is 4.96. The average Bonchev–Trinajstić information content (AvgIpc) is 2.29. The van der Waals surface area contributed by atoms with Crippen molar-refractivity contribution in [1.29, 1.82) is 0 Å². The van der Waals surface area contributed by atoms with Crippen LogP contribution < -0.4 is 11.1 Å². The fraction of sp³-hybridized carbons (Fsp3) is 0.417. The lowest BCUT2D eigenvalue weighted by Gasteiger charge is -2.28. The fourth-order valence-electron chi connectivity index (χ4n) is 1.33. The van der Waals surface area contributed by atoms with Gasteiger partial charge in [0.2, 0.25) is 5.91 Å². The molecule has 17 heavy (non-hydrogen) atoms. The maximum Gasteiger partial charge on any atom is 0.245 e. The molecule has 1 rings (SSSR count). The second-order valence-corrected chi connectivity index (χ2v) is 4.88. The van der Waals surface area contributed by atoms with Crippen LogP contribution in [0.3, 0.4) is 0 Å². The second-order valence-electron chi connectivity index (χ2n) is 3.97. The highest BCUT2D eigenvalue weighted by atomic mass is 79.9. The van der Waals surface area contributed by atoms with Gasteiger partial charge in [0.25, 0.3) is 0 Å². The Bertz CT molecular complexity index is 381. The van der Waals surface area contributed by atoms with Crippen LogP contribution in [0.15, 0.2) is 28.7 Å². The van der Waals surface area contributed by atoms with Crippen molar-refractivity contribution in [1.82, 2.24) is 0 Å². The summed E-state index contributed by atoms with van der Waals surface area (Å²) in [6.07, 6.45) is 0. The van der Waals surface area contributed by atoms with Crippen LogP contribution in [0.4, 0.5) is 5.69 Å². The Hall–Kier alpha value is -1.07. The number of rotatable bonds is 6. The fourth-order valence-corrected chi connectivity index (χ4v) is 1.59. The van der Waals surface area contributed by atoms with Crippen molar-refractivity contribution in [2.45, 2.75) is 19.4 Å². The molecular weight excluding hydrogens is 284 g/mol. The Labute approximate surface area is 110 Å². The van der Waals surface area contributed by atoms with Gasteiger partial charge in [-0.2, -0.15) is 0 Å². The molecule has 0 radical (unpaired) electrons. The van der Waals surface area contributed by atoms with Gasteiger partial charge in [-0.15, -0.1) is 0 Å². The van der Waals surface area contributed by atoms with Crippen molar-refractivity contribution < 1.29 is 9.53 Å². The van der Waals surface area contributed by atoms with Crippen LogP contribution in [0.2, 0.25) is 0 Å². The zero-order chi connectivity index (χ0) is 12.9. The van der Waals surface area contributed by atoms with Gasteiger partial charge in [-0.25, -0.2) is 0 Å². The van der Waals surface area contributed by atoms with Gasteiger partial charge in [-0.05, 0) is 38.1 Å². The number of anilines is 1. The van der Waals surface area contributed by atoms with E-state index in [2.05, 4.69) is 21.2 Å². The molecule has 0 spiro atoms. The Morgan fingerprint density at radius 2 is 2.06 bits per heavy atom.